The molecule has 0 atom stereocenters. The summed E-state index contributed by atoms with van der Waals surface area (Å²) in [7, 11) is 0. The van der Waals surface area contributed by atoms with Gasteiger partial charge in [0.05, 0.1) is 0 Å². The molecule has 0 spiro atoms. The summed E-state index contributed by atoms with van der Waals surface area (Å²) in [5.74, 6) is 0. The molecule has 0 heterocycles. The molecule has 0 rings (SSSR count). The fraction of sp³-hybridized carbons (Fsp3) is 1.00. The quantitative estimate of drug-likeness (QED) is 0.0489. The molecule has 0 aliphatic carbocycles. The van der Waals surface area contributed by atoms with Crippen LogP contribution in [0.3, 0.4) is 0 Å². The van der Waals surface area contributed by atoms with E-state index >= 15 is 0 Å². The Morgan fingerprint density at radius 3 is 0.852 bits per heavy atom. The van der Waals surface area contributed by atoms with Gasteiger partial charge >= 0.3 is 0 Å². The molecule has 0 aromatic rings. The molecule has 0 N–H and O–H groups in total. The summed E-state index contributed by atoms with van der Waals surface area (Å²) >= 11 is 5.75. The fourth-order valence-corrected chi connectivity index (χ4v) is 10.2. The molecule has 27 heavy (non-hydrogen) atoms. The van der Waals surface area contributed by atoms with E-state index < -0.39 is 3.07 Å². The molecule has 0 saturated heterocycles. The second-order valence-electron chi connectivity index (χ2n) is 8.72. The maximum absolute atomic E-state index is 2.88. The molecule has 0 fully saturated rings. The van der Waals surface area contributed by atoms with Crippen LogP contribution in [0.25, 0.3) is 0 Å². The van der Waals surface area contributed by atoms with Gasteiger partial charge in [-0.3, -0.25) is 0 Å². The molecule has 0 radical (unpaired) electrons. The summed E-state index contributed by atoms with van der Waals surface area (Å²) in [5.41, 5.74) is 0. The average Bonchev–Trinajstić information content (AvgIpc) is 2.64. The Morgan fingerprint density at radius 1 is 0.370 bits per heavy atom. The van der Waals surface area contributed by atoms with E-state index in [0.29, 0.717) is 0 Å². The Bertz CT molecular complexity index is 256. The zero-order valence-corrected chi connectivity index (χ0v) is 24.1. The van der Waals surface area contributed by atoms with Crippen molar-refractivity contribution in [2.45, 2.75) is 154 Å². The Hall–Kier alpha value is 1.68. The van der Waals surface area contributed by atoms with Gasteiger partial charge in [-0.05, 0) is 12.1 Å². The van der Waals surface area contributed by atoms with Gasteiger partial charge < -0.3 is 0 Å². The van der Waals surface area contributed by atoms with E-state index in [0.717, 1.165) is 0 Å². The lowest BCUT2D eigenvalue weighted by molar-refractivity contribution is 0.560. The molecule has 0 nitrogen and oxygen atoms in total. The van der Waals surface area contributed by atoms with Gasteiger partial charge in [0.2, 0.25) is 0 Å². The molecule has 0 saturated carbocycles. The van der Waals surface area contributed by atoms with Crippen LogP contribution in [-0.4, -0.2) is 3.07 Å². The average molecular weight is 621 g/mol. The normalized spacial score (nSPS) is 12.0. The van der Waals surface area contributed by atoms with Crippen molar-refractivity contribution in [1.29, 1.82) is 0 Å². The molecular weight excluding hydrogens is 570 g/mol. The van der Waals surface area contributed by atoms with Gasteiger partial charge in [-0.15, -0.1) is 43.6 Å². The summed E-state index contributed by atoms with van der Waals surface area (Å²) in [6.45, 7) is 4.61. The summed E-state index contributed by atoms with van der Waals surface area (Å²) in [5, 5.41) is 0. The topological polar surface area (TPSA) is 0 Å². The lowest BCUT2D eigenvalue weighted by Gasteiger charge is -2.17. The fourth-order valence-electron chi connectivity index (χ4n) is 3.87. The molecule has 0 aliphatic heterocycles. The Morgan fingerprint density at radius 2 is 0.593 bits per heavy atom. The first kappa shape index (κ1) is 28.7. The Kier molecular flexibility index (Phi) is 23.8. The lowest BCUT2D eigenvalue weighted by atomic mass is 10.1. The number of unbranched alkanes of at least 4 members (excludes halogenated alkanes) is 18. The minimum atomic E-state index is -0.944. The highest BCUT2D eigenvalue weighted by atomic mass is 127. The van der Waals surface area contributed by atoms with Crippen molar-refractivity contribution < 1.29 is 0 Å². The van der Waals surface area contributed by atoms with E-state index in [9.17, 15) is 0 Å². The van der Waals surface area contributed by atoms with Crippen LogP contribution in [0.4, 0.5) is 0 Å². The summed E-state index contributed by atoms with van der Waals surface area (Å²) < 4.78 is -0.944. The molecule has 0 aromatic heterocycles. The van der Waals surface area contributed by atoms with Crippen molar-refractivity contribution >= 4 is 46.7 Å². The van der Waals surface area contributed by atoms with Gasteiger partial charge in [0.25, 0.3) is 0 Å². The molecule has 0 amide bonds. The molecule has 0 unspecified atom stereocenters. The number of hydrogen-bond acceptors (Lipinski definition) is 0. The van der Waals surface area contributed by atoms with Crippen LogP contribution in [0.15, 0.2) is 0 Å². The molecular formula is C24H50I2Si. The van der Waals surface area contributed by atoms with Gasteiger partial charge in [0.15, 0.2) is 3.07 Å². The second-order valence-corrected chi connectivity index (χ2v) is 30.0. The van der Waals surface area contributed by atoms with E-state index in [-0.39, 0.29) is 0 Å². The van der Waals surface area contributed by atoms with E-state index in [2.05, 4.69) is 57.4 Å². The van der Waals surface area contributed by atoms with Gasteiger partial charge in [-0.1, -0.05) is 142 Å². The van der Waals surface area contributed by atoms with Crippen LogP contribution in [0.5, 0.6) is 0 Å². The van der Waals surface area contributed by atoms with Gasteiger partial charge in [0, 0.05) is 0 Å². The van der Waals surface area contributed by atoms with Crippen molar-refractivity contribution in [3.05, 3.63) is 0 Å². The molecule has 0 bridgehead atoms. The maximum atomic E-state index is 2.88. The minimum Gasteiger partial charge on any atom is -0.105 e. The van der Waals surface area contributed by atoms with E-state index in [1.54, 1.807) is 12.1 Å². The van der Waals surface area contributed by atoms with Crippen molar-refractivity contribution in [2.75, 3.05) is 0 Å². The number of rotatable bonds is 22. The monoisotopic (exact) mass is 620 g/mol. The van der Waals surface area contributed by atoms with Crippen LogP contribution in [-0.2, 0) is 0 Å². The van der Waals surface area contributed by atoms with Gasteiger partial charge in [-0.2, -0.15) is 0 Å². The smallest absolute Gasteiger partial charge is 0.105 e. The highest BCUT2D eigenvalue weighted by molar-refractivity contribution is 14.3. The van der Waals surface area contributed by atoms with Crippen molar-refractivity contribution in [1.82, 2.24) is 0 Å². The second kappa shape index (κ2) is 22.4. The third-order valence-electron chi connectivity index (χ3n) is 5.79. The third kappa shape index (κ3) is 23.8. The molecule has 3 heteroatoms. The standard InChI is InChI=1S/C24H50I2Si/c1-3-5-7-9-11-13-15-17-19-21-23-27(25,26)24-22-20-18-16-14-12-10-8-6-4-2/h3-24H2,1-2H3. The summed E-state index contributed by atoms with van der Waals surface area (Å²) in [6.07, 6.45) is 29.4. The first-order valence-corrected chi connectivity index (χ1v) is 21.1. The third-order valence-corrected chi connectivity index (χ3v) is 14.4. The summed E-state index contributed by atoms with van der Waals surface area (Å²) in [6, 6.07) is 3.12. The van der Waals surface area contributed by atoms with Crippen molar-refractivity contribution in [3.63, 3.8) is 0 Å². The highest BCUT2D eigenvalue weighted by Gasteiger charge is 2.24. The van der Waals surface area contributed by atoms with Gasteiger partial charge in [-0.25, -0.2) is 0 Å². The molecule has 0 aliphatic rings. The van der Waals surface area contributed by atoms with E-state index in [1.807, 2.05) is 0 Å². The predicted molar refractivity (Wildman–Crippen MR) is 147 cm³/mol. The lowest BCUT2D eigenvalue weighted by Crippen LogP contribution is -2.15. The largest absolute Gasteiger partial charge is 0.192 e. The first-order valence-electron chi connectivity index (χ1n) is 12.5. The first-order chi connectivity index (χ1) is 13.1. The molecule has 164 valence electrons. The predicted octanol–water partition coefficient (Wildman–Crippen LogP) is 11.1. The Balaban J connectivity index is 3.31. The van der Waals surface area contributed by atoms with E-state index in [1.165, 1.54) is 128 Å². The Labute approximate surface area is 199 Å². The van der Waals surface area contributed by atoms with Crippen LogP contribution in [0, 0.1) is 0 Å². The zero-order chi connectivity index (χ0) is 20.1. The van der Waals surface area contributed by atoms with Crippen LogP contribution in [0.2, 0.25) is 12.1 Å². The minimum absolute atomic E-state index is 0.944. The maximum Gasteiger partial charge on any atom is 0.192 e. The van der Waals surface area contributed by atoms with E-state index in [4.69, 9.17) is 0 Å². The van der Waals surface area contributed by atoms with Gasteiger partial charge in [0.1, 0.15) is 0 Å². The van der Waals surface area contributed by atoms with Crippen LogP contribution in [0.1, 0.15) is 142 Å². The van der Waals surface area contributed by atoms with Crippen molar-refractivity contribution in [2.24, 2.45) is 0 Å². The number of hydrogen-bond donors (Lipinski definition) is 0. The number of halogens is 2. The highest BCUT2D eigenvalue weighted by Crippen LogP contribution is 2.35. The van der Waals surface area contributed by atoms with Crippen LogP contribution >= 0.6 is 43.6 Å². The van der Waals surface area contributed by atoms with Crippen molar-refractivity contribution in [3.8, 4) is 0 Å². The van der Waals surface area contributed by atoms with Crippen LogP contribution < -0.4 is 0 Å². The zero-order valence-electron chi connectivity index (χ0n) is 18.8. The SMILES string of the molecule is CCCCCCCCCCCC[Si](I)(I)CCCCCCCCCCCC. The molecule has 0 aromatic carbocycles. The summed E-state index contributed by atoms with van der Waals surface area (Å²) in [4.78, 5) is 0.